The predicted molar refractivity (Wildman–Crippen MR) is 91.4 cm³/mol. The highest BCUT2D eigenvalue weighted by Gasteiger charge is 2.59. The van der Waals surface area contributed by atoms with E-state index >= 15 is 4.39 Å². The smallest absolute Gasteiger partial charge is 0.327 e. The van der Waals surface area contributed by atoms with E-state index in [1.54, 1.807) is 7.05 Å². The Kier molecular flexibility index (Phi) is 4.89. The van der Waals surface area contributed by atoms with Crippen LogP contribution in [0.4, 0.5) is 16.2 Å². The van der Waals surface area contributed by atoms with E-state index in [4.69, 9.17) is 15.0 Å². The summed E-state index contributed by atoms with van der Waals surface area (Å²) in [6, 6.07) is 0. The molecule has 0 radical (unpaired) electrons. The number of rotatable bonds is 6. The highest BCUT2D eigenvalue weighted by Crippen LogP contribution is 2.47. The van der Waals surface area contributed by atoms with Crippen molar-refractivity contribution in [3.63, 3.8) is 0 Å². The van der Waals surface area contributed by atoms with E-state index in [1.165, 1.54) is 17.8 Å². The number of imidazole rings is 1. The van der Waals surface area contributed by atoms with Crippen LogP contribution in [0.2, 0.25) is 0 Å². The first kappa shape index (κ1) is 18.6. The number of aliphatic hydroxyl groups excluding tert-OH is 1. The number of hydrogen-bond acceptors (Lipinski definition) is 9. The fourth-order valence-corrected chi connectivity index (χ4v) is 3.21. The van der Waals surface area contributed by atoms with E-state index in [0.29, 0.717) is 11.3 Å². The van der Waals surface area contributed by atoms with Crippen molar-refractivity contribution in [1.29, 1.82) is 0 Å². The highest BCUT2D eigenvalue weighted by atomic mass is 31.1. The minimum Gasteiger partial charge on any atom is -0.386 e. The van der Waals surface area contributed by atoms with Crippen LogP contribution in [-0.2, 0) is 13.8 Å². The molecule has 0 unspecified atom stereocenters. The van der Waals surface area contributed by atoms with Crippen molar-refractivity contribution in [3.05, 3.63) is 18.5 Å². The molecule has 4 atom stereocenters. The van der Waals surface area contributed by atoms with Crippen LogP contribution >= 0.6 is 8.69 Å². The summed E-state index contributed by atoms with van der Waals surface area (Å²) in [4.78, 5) is 12.3. The summed E-state index contributed by atoms with van der Waals surface area (Å²) in [5.74, 6) is 0.335. The number of nitrogens with two attached hydrogens (primary N) is 1. The zero-order valence-corrected chi connectivity index (χ0v) is 15.0. The molecule has 3 heterocycles. The number of alkyl halides is 1. The zero-order chi connectivity index (χ0) is 19.1. The predicted octanol–water partition coefficient (Wildman–Crippen LogP) is 1.22. The Morgan fingerprint density at radius 3 is 3.00 bits per heavy atom. The van der Waals surface area contributed by atoms with Crippen LogP contribution in [0.25, 0.3) is 11.2 Å². The van der Waals surface area contributed by atoms with E-state index < -0.39 is 32.8 Å². The van der Waals surface area contributed by atoms with Crippen molar-refractivity contribution in [2.24, 2.45) is 0 Å². The van der Waals surface area contributed by atoms with Crippen LogP contribution in [0.3, 0.4) is 0 Å². The summed E-state index contributed by atoms with van der Waals surface area (Å²) in [5, 5.41) is 13.3. The van der Waals surface area contributed by atoms with E-state index in [2.05, 4.69) is 26.8 Å². The van der Waals surface area contributed by atoms with E-state index in [1.807, 2.05) is 0 Å². The number of aliphatic hydroxyl groups is 1. The molecule has 0 aliphatic carbocycles. The molecule has 26 heavy (non-hydrogen) atoms. The third kappa shape index (κ3) is 2.73. The number of nitrogen functional groups attached to an aromatic ring is 1. The maximum Gasteiger partial charge on any atom is 0.327 e. The molecular formula is C14H18FN6O4P. The van der Waals surface area contributed by atoms with Crippen LogP contribution in [0.1, 0.15) is 13.2 Å². The molecule has 1 aliphatic heterocycles. The van der Waals surface area contributed by atoms with Gasteiger partial charge in [-0.3, -0.25) is 9.09 Å². The fraction of sp³-hybridized carbons (Fsp3) is 0.500. The second kappa shape index (κ2) is 6.84. The second-order valence-electron chi connectivity index (χ2n) is 5.89. The van der Waals surface area contributed by atoms with Gasteiger partial charge in [0.15, 0.2) is 23.2 Å². The van der Waals surface area contributed by atoms with Crippen LogP contribution in [0.15, 0.2) is 18.5 Å². The van der Waals surface area contributed by atoms with Gasteiger partial charge in [-0.25, -0.2) is 13.9 Å². The Morgan fingerprint density at radius 1 is 1.65 bits per heavy atom. The van der Waals surface area contributed by atoms with E-state index in [9.17, 15) is 9.67 Å². The normalized spacial score (nSPS) is 28.7. The van der Waals surface area contributed by atoms with Gasteiger partial charge in [0.2, 0.25) is 11.6 Å². The van der Waals surface area contributed by atoms with E-state index in [-0.39, 0.29) is 23.8 Å². The number of halogens is 1. The summed E-state index contributed by atoms with van der Waals surface area (Å²) >= 11 is 0. The van der Waals surface area contributed by atoms with Gasteiger partial charge in [0.25, 0.3) is 0 Å². The highest BCUT2D eigenvalue weighted by molar-refractivity contribution is 7.17. The van der Waals surface area contributed by atoms with Crippen LogP contribution in [-0.4, -0.2) is 56.2 Å². The van der Waals surface area contributed by atoms with Crippen molar-refractivity contribution in [2.45, 2.75) is 31.0 Å². The fourth-order valence-electron chi connectivity index (χ4n) is 3.00. The molecule has 12 heteroatoms. The molecule has 0 aromatic carbocycles. The molecule has 1 saturated heterocycles. The monoisotopic (exact) mass is 384 g/mol. The average molecular weight is 384 g/mol. The van der Waals surface area contributed by atoms with Crippen molar-refractivity contribution in [1.82, 2.24) is 19.5 Å². The first-order valence-corrected chi connectivity index (χ1v) is 8.38. The Hall–Kier alpha value is -2.20. The van der Waals surface area contributed by atoms with Crippen molar-refractivity contribution < 1.29 is 23.3 Å². The van der Waals surface area contributed by atoms with Crippen LogP contribution in [0.5, 0.6) is 0 Å². The van der Waals surface area contributed by atoms with Gasteiger partial charge in [0, 0.05) is 7.05 Å². The number of ether oxygens (including phenoxy) is 1. The maximum absolute atomic E-state index is 15.8. The van der Waals surface area contributed by atoms with Gasteiger partial charge in [-0.05, 0) is 12.5 Å². The lowest BCUT2D eigenvalue weighted by molar-refractivity contribution is -0.0485. The molecule has 3 rings (SSSR count). The molecule has 0 amide bonds. The molecule has 140 valence electrons. The minimum absolute atomic E-state index is 0.0352. The van der Waals surface area contributed by atoms with Gasteiger partial charge in [-0.1, -0.05) is 6.58 Å². The van der Waals surface area contributed by atoms with Crippen molar-refractivity contribution in [2.75, 3.05) is 24.7 Å². The number of nitrogens with one attached hydrogen (secondary N) is 1. The van der Waals surface area contributed by atoms with Gasteiger partial charge in [-0.2, -0.15) is 9.97 Å². The number of fused-ring (bicyclic) bond motifs is 1. The SMILES string of the molecule is C=C(C)[C@@]1(F)[C@H](O)[C@@H](COP=O)O[C@H]1n1cnc2c(NC)nc(N)nc21. The summed E-state index contributed by atoms with van der Waals surface area (Å²) in [6.45, 7) is 4.81. The Morgan fingerprint density at radius 2 is 2.38 bits per heavy atom. The standard InChI is InChI=1S/C14H18FN6O4P/c1-6(2)14(15)9(22)7(4-24-26-23)25-12(14)21-5-18-8-10(17-3)19-13(16)20-11(8)21/h5,7,9,12,22H,1,4H2,2-3H3,(H3,16,17,19,20)/t7-,9-,12-,14-/m1/s1. The third-order valence-corrected chi connectivity index (χ3v) is 4.57. The molecule has 2 aromatic heterocycles. The molecule has 1 fully saturated rings. The Labute approximate surface area is 149 Å². The molecular weight excluding hydrogens is 366 g/mol. The summed E-state index contributed by atoms with van der Waals surface area (Å²) in [5.41, 5.74) is 4.01. The first-order chi connectivity index (χ1) is 12.3. The van der Waals surface area contributed by atoms with Crippen LogP contribution < -0.4 is 11.1 Å². The first-order valence-electron chi connectivity index (χ1n) is 7.65. The molecule has 2 aromatic rings. The molecule has 0 spiro atoms. The lowest BCUT2D eigenvalue weighted by Gasteiger charge is -2.29. The van der Waals surface area contributed by atoms with Crippen molar-refractivity contribution in [3.8, 4) is 0 Å². The lowest BCUT2D eigenvalue weighted by atomic mass is 9.89. The molecule has 0 saturated carbocycles. The lowest BCUT2D eigenvalue weighted by Crippen LogP contribution is -2.44. The van der Waals surface area contributed by atoms with Crippen molar-refractivity contribution >= 4 is 31.6 Å². The van der Waals surface area contributed by atoms with Gasteiger partial charge < -0.3 is 20.9 Å². The number of anilines is 2. The topological polar surface area (TPSA) is 137 Å². The third-order valence-electron chi connectivity index (χ3n) is 4.32. The number of nitrogens with zero attached hydrogens (tertiary/aromatic N) is 4. The summed E-state index contributed by atoms with van der Waals surface area (Å²) in [7, 11) is 1.04. The number of hydrogen-bond donors (Lipinski definition) is 3. The molecule has 0 bridgehead atoms. The minimum atomic E-state index is -2.35. The van der Waals surface area contributed by atoms with Gasteiger partial charge in [0.1, 0.15) is 12.2 Å². The molecule has 4 N–H and O–H groups in total. The summed E-state index contributed by atoms with van der Waals surface area (Å²) in [6.07, 6.45) is -2.66. The zero-order valence-electron chi connectivity index (χ0n) is 14.1. The Bertz CT molecular complexity index is 863. The van der Waals surface area contributed by atoms with Gasteiger partial charge in [-0.15, -0.1) is 0 Å². The molecule has 10 nitrogen and oxygen atoms in total. The average Bonchev–Trinajstić information content (AvgIpc) is 3.13. The molecule has 1 aliphatic rings. The van der Waals surface area contributed by atoms with Gasteiger partial charge >= 0.3 is 8.69 Å². The van der Waals surface area contributed by atoms with Crippen LogP contribution in [0, 0.1) is 0 Å². The maximum atomic E-state index is 15.8. The Balaban J connectivity index is 2.12. The summed E-state index contributed by atoms with van der Waals surface area (Å²) < 4.78 is 38.0. The number of aromatic nitrogens is 4. The quantitative estimate of drug-likeness (QED) is 0.496. The van der Waals surface area contributed by atoms with Gasteiger partial charge in [0.05, 0.1) is 12.9 Å². The largest absolute Gasteiger partial charge is 0.386 e. The second-order valence-corrected chi connectivity index (χ2v) is 6.30. The van der Waals surface area contributed by atoms with E-state index in [0.717, 1.165) is 0 Å².